The molecule has 0 bridgehead atoms. The molecule has 0 saturated heterocycles. The molecule has 0 radical (unpaired) electrons. The average Bonchev–Trinajstić information content (AvgIpc) is 3.05. The second-order valence-electron chi connectivity index (χ2n) is 6.33. The highest BCUT2D eigenvalue weighted by atomic mass is 16.4. The van der Waals surface area contributed by atoms with Crippen LogP contribution in [0.5, 0.6) is 0 Å². The van der Waals surface area contributed by atoms with Gasteiger partial charge in [0.2, 0.25) is 0 Å². The predicted octanol–water partition coefficient (Wildman–Crippen LogP) is 3.14. The molecule has 0 spiro atoms. The summed E-state index contributed by atoms with van der Waals surface area (Å²) in [6.07, 6.45) is 0.581. The van der Waals surface area contributed by atoms with Crippen molar-refractivity contribution in [3.63, 3.8) is 0 Å². The van der Waals surface area contributed by atoms with Crippen LogP contribution in [0, 0.1) is 6.92 Å². The zero-order chi connectivity index (χ0) is 19.7. The van der Waals surface area contributed by atoms with Crippen molar-refractivity contribution in [2.24, 2.45) is 0 Å². The smallest absolute Gasteiger partial charge is 0.404 e. The molecule has 0 aliphatic heterocycles. The Morgan fingerprint density at radius 2 is 1.93 bits per heavy atom. The summed E-state index contributed by atoms with van der Waals surface area (Å²) < 4.78 is 1.93. The Kier molecular flexibility index (Phi) is 4.36. The first-order valence-corrected chi connectivity index (χ1v) is 8.66. The number of nitrogens with two attached hydrogens (primary N) is 1. The molecular weight excluding hydrogens is 356 g/mol. The van der Waals surface area contributed by atoms with E-state index >= 15 is 0 Å². The largest absolute Gasteiger partial charge is 0.465 e. The van der Waals surface area contributed by atoms with E-state index in [1.165, 1.54) is 0 Å². The van der Waals surface area contributed by atoms with Crippen LogP contribution in [0.25, 0.3) is 28.2 Å². The molecular formula is C20H18N6O2. The van der Waals surface area contributed by atoms with Crippen LogP contribution >= 0.6 is 0 Å². The van der Waals surface area contributed by atoms with E-state index in [0.29, 0.717) is 11.6 Å². The normalized spacial score (nSPS) is 10.9. The highest BCUT2D eigenvalue weighted by Crippen LogP contribution is 2.30. The summed E-state index contributed by atoms with van der Waals surface area (Å²) in [6, 6.07) is 15.1. The molecule has 0 saturated carbocycles. The van der Waals surface area contributed by atoms with Gasteiger partial charge in [-0.2, -0.15) is 0 Å². The number of nitrogens with zero attached hydrogens (tertiary/aromatic N) is 4. The Labute approximate surface area is 160 Å². The fourth-order valence-corrected chi connectivity index (χ4v) is 3.02. The van der Waals surface area contributed by atoms with Gasteiger partial charge in [-0.3, -0.25) is 4.57 Å². The Bertz CT molecular complexity index is 1170. The number of hydrogen-bond donors (Lipinski definition) is 3. The first kappa shape index (κ1) is 17.5. The zero-order valence-electron chi connectivity index (χ0n) is 15.1. The predicted molar refractivity (Wildman–Crippen MR) is 106 cm³/mol. The van der Waals surface area contributed by atoms with E-state index in [1.54, 1.807) is 6.20 Å². The zero-order valence-corrected chi connectivity index (χ0v) is 15.1. The molecule has 4 N–H and O–H groups in total. The van der Waals surface area contributed by atoms with Gasteiger partial charge in [-0.15, -0.1) is 0 Å². The number of carboxylic acid groups (broad SMARTS) is 1. The number of rotatable bonds is 4. The van der Waals surface area contributed by atoms with E-state index in [4.69, 9.17) is 15.8 Å². The van der Waals surface area contributed by atoms with Crippen LogP contribution in [0.4, 0.5) is 10.6 Å². The third kappa shape index (κ3) is 3.23. The van der Waals surface area contributed by atoms with Crippen molar-refractivity contribution in [3.8, 4) is 17.1 Å². The second kappa shape index (κ2) is 6.99. The van der Waals surface area contributed by atoms with Crippen LogP contribution in [0.1, 0.15) is 11.3 Å². The van der Waals surface area contributed by atoms with Crippen LogP contribution in [0.3, 0.4) is 0 Å². The van der Waals surface area contributed by atoms with E-state index < -0.39 is 6.09 Å². The molecule has 8 heteroatoms. The minimum atomic E-state index is -1.06. The van der Waals surface area contributed by atoms with Crippen LogP contribution < -0.4 is 11.1 Å². The Morgan fingerprint density at radius 1 is 1.14 bits per heavy atom. The van der Waals surface area contributed by atoms with Crippen molar-refractivity contribution in [1.29, 1.82) is 0 Å². The number of nitrogens with one attached hydrogen (secondary N) is 1. The summed E-state index contributed by atoms with van der Waals surface area (Å²) in [5.74, 6) is 1.04. The number of aromatic nitrogens is 4. The minimum Gasteiger partial charge on any atom is -0.465 e. The summed E-state index contributed by atoms with van der Waals surface area (Å²) in [7, 11) is 0. The van der Waals surface area contributed by atoms with Gasteiger partial charge in [-0.05, 0) is 48.9 Å². The minimum absolute atomic E-state index is 0.236. The lowest BCUT2D eigenvalue weighted by Gasteiger charge is -2.11. The monoisotopic (exact) mass is 374 g/mol. The first-order chi connectivity index (χ1) is 13.5. The maximum atomic E-state index is 10.7. The van der Waals surface area contributed by atoms with Gasteiger partial charge in [0.1, 0.15) is 11.3 Å². The van der Waals surface area contributed by atoms with Gasteiger partial charge in [0.15, 0.2) is 11.5 Å². The molecule has 0 unspecified atom stereocenters. The van der Waals surface area contributed by atoms with E-state index in [0.717, 1.165) is 33.7 Å². The SMILES string of the molecule is Cc1ccc2nc(-c3cccnc3N)n(-c3ccc(CNC(=O)O)cc3)c2n1. The van der Waals surface area contributed by atoms with Crippen LogP contribution in [-0.2, 0) is 6.54 Å². The molecule has 140 valence electrons. The highest BCUT2D eigenvalue weighted by molar-refractivity contribution is 5.82. The molecule has 0 aliphatic carbocycles. The molecule has 3 heterocycles. The van der Waals surface area contributed by atoms with Gasteiger partial charge in [-0.25, -0.2) is 19.7 Å². The Morgan fingerprint density at radius 3 is 2.64 bits per heavy atom. The summed E-state index contributed by atoms with van der Waals surface area (Å²) in [4.78, 5) is 24.3. The lowest BCUT2D eigenvalue weighted by Crippen LogP contribution is -2.19. The van der Waals surface area contributed by atoms with E-state index in [-0.39, 0.29) is 6.54 Å². The van der Waals surface area contributed by atoms with Gasteiger partial charge in [0, 0.05) is 24.1 Å². The van der Waals surface area contributed by atoms with Crippen LogP contribution in [-0.4, -0.2) is 30.7 Å². The fourth-order valence-electron chi connectivity index (χ4n) is 3.02. The molecule has 28 heavy (non-hydrogen) atoms. The number of benzene rings is 1. The van der Waals surface area contributed by atoms with E-state index in [2.05, 4.69) is 15.3 Å². The quantitative estimate of drug-likeness (QED) is 0.505. The third-order valence-electron chi connectivity index (χ3n) is 4.36. The van der Waals surface area contributed by atoms with Gasteiger partial charge in [0.25, 0.3) is 0 Å². The van der Waals surface area contributed by atoms with Gasteiger partial charge in [0.05, 0.1) is 5.56 Å². The van der Waals surface area contributed by atoms with Crippen molar-refractivity contribution in [2.75, 3.05) is 5.73 Å². The number of fused-ring (bicyclic) bond motifs is 1. The average molecular weight is 374 g/mol. The highest BCUT2D eigenvalue weighted by Gasteiger charge is 2.17. The number of pyridine rings is 2. The standard InChI is InChI=1S/C20H18N6O2/c1-12-4-9-16-19(24-12)26(18(25-16)15-3-2-10-22-17(15)21)14-7-5-13(6-8-14)11-23-20(27)28/h2-10,23H,11H2,1H3,(H2,21,22)(H,27,28). The van der Waals surface area contributed by atoms with Crippen molar-refractivity contribution < 1.29 is 9.90 Å². The number of hydrogen-bond acceptors (Lipinski definition) is 5. The summed E-state index contributed by atoms with van der Waals surface area (Å²) in [6.45, 7) is 2.16. The van der Waals surface area contributed by atoms with Crippen molar-refractivity contribution in [3.05, 3.63) is 66.0 Å². The molecule has 4 aromatic rings. The Hall–Kier alpha value is -3.94. The fraction of sp³-hybridized carbons (Fsp3) is 0.100. The summed E-state index contributed by atoms with van der Waals surface area (Å²) in [5, 5.41) is 11.1. The molecule has 1 amide bonds. The maximum absolute atomic E-state index is 10.7. The van der Waals surface area contributed by atoms with Gasteiger partial charge >= 0.3 is 6.09 Å². The number of imidazole rings is 1. The molecule has 8 nitrogen and oxygen atoms in total. The number of nitrogen functional groups attached to an aromatic ring is 1. The molecule has 4 rings (SSSR count). The van der Waals surface area contributed by atoms with Crippen molar-refractivity contribution in [1.82, 2.24) is 24.8 Å². The number of amides is 1. The number of aryl methyl sites for hydroxylation is 1. The third-order valence-corrected chi connectivity index (χ3v) is 4.36. The summed E-state index contributed by atoms with van der Waals surface area (Å²) >= 11 is 0. The van der Waals surface area contributed by atoms with Crippen LogP contribution in [0.15, 0.2) is 54.7 Å². The topological polar surface area (TPSA) is 119 Å². The van der Waals surface area contributed by atoms with Crippen LogP contribution in [0.2, 0.25) is 0 Å². The lowest BCUT2D eigenvalue weighted by atomic mass is 10.2. The van der Waals surface area contributed by atoms with E-state index in [1.807, 2.05) is 60.0 Å². The van der Waals surface area contributed by atoms with Gasteiger partial charge in [-0.1, -0.05) is 12.1 Å². The maximum Gasteiger partial charge on any atom is 0.404 e. The van der Waals surface area contributed by atoms with Crippen molar-refractivity contribution in [2.45, 2.75) is 13.5 Å². The number of carbonyl (C=O) groups is 1. The summed E-state index contributed by atoms with van der Waals surface area (Å²) in [5.41, 5.74) is 10.9. The molecule has 3 aromatic heterocycles. The first-order valence-electron chi connectivity index (χ1n) is 8.66. The van der Waals surface area contributed by atoms with Gasteiger partial charge < -0.3 is 16.2 Å². The lowest BCUT2D eigenvalue weighted by molar-refractivity contribution is 0.194. The van der Waals surface area contributed by atoms with Crippen molar-refractivity contribution >= 4 is 23.1 Å². The second-order valence-corrected chi connectivity index (χ2v) is 6.33. The molecule has 0 fully saturated rings. The van der Waals surface area contributed by atoms with E-state index in [9.17, 15) is 4.79 Å². The number of anilines is 1. The molecule has 1 aromatic carbocycles. The molecule has 0 aliphatic rings. The Balaban J connectivity index is 1.87. The molecule has 0 atom stereocenters.